The van der Waals surface area contributed by atoms with Crippen molar-refractivity contribution in [1.29, 1.82) is 0 Å². The number of nitrogens with zero attached hydrogens (tertiary/aromatic N) is 1. The van der Waals surface area contributed by atoms with E-state index in [4.69, 9.17) is 4.99 Å². The summed E-state index contributed by atoms with van der Waals surface area (Å²) in [5, 5.41) is 0. The summed E-state index contributed by atoms with van der Waals surface area (Å²) < 4.78 is 0. The van der Waals surface area contributed by atoms with Crippen LogP contribution in [0.5, 0.6) is 0 Å². The fourth-order valence-corrected chi connectivity index (χ4v) is 1.95. The lowest BCUT2D eigenvalue weighted by Crippen LogP contribution is -2.12. The first-order valence-corrected chi connectivity index (χ1v) is 5.87. The van der Waals surface area contributed by atoms with Crippen LogP contribution in [-0.2, 0) is 0 Å². The van der Waals surface area contributed by atoms with Gasteiger partial charge in [0.1, 0.15) is 0 Å². The maximum Gasteiger partial charge on any atom is 0.0446 e. The standard InChI is InChI=1S/C13H23N/c1-10(2)9-12-7-5-6-8-13(12)14-11(3)4/h9-11H,5-8H2,1-4H3/b12-9-,14-13?. The molecule has 1 heteroatoms. The fourth-order valence-electron chi connectivity index (χ4n) is 1.95. The van der Waals surface area contributed by atoms with Crippen LogP contribution in [0.1, 0.15) is 53.4 Å². The van der Waals surface area contributed by atoms with Crippen LogP contribution in [0, 0.1) is 5.92 Å². The first-order valence-electron chi connectivity index (χ1n) is 5.87. The van der Waals surface area contributed by atoms with Crippen LogP contribution >= 0.6 is 0 Å². The van der Waals surface area contributed by atoms with Gasteiger partial charge in [-0.15, -0.1) is 0 Å². The fraction of sp³-hybridized carbons (Fsp3) is 0.769. The van der Waals surface area contributed by atoms with E-state index in [0.717, 1.165) is 0 Å². The van der Waals surface area contributed by atoms with Gasteiger partial charge in [-0.05, 0) is 51.0 Å². The summed E-state index contributed by atoms with van der Waals surface area (Å²) in [5.74, 6) is 0.653. The third-order valence-electron chi connectivity index (χ3n) is 2.43. The quantitative estimate of drug-likeness (QED) is 0.628. The summed E-state index contributed by atoms with van der Waals surface area (Å²) in [6, 6.07) is 0.443. The SMILES string of the molecule is CC(C)/C=C1/CCCCC1=NC(C)C. The molecule has 1 fully saturated rings. The van der Waals surface area contributed by atoms with Crippen molar-refractivity contribution >= 4 is 5.71 Å². The second-order valence-electron chi connectivity index (χ2n) is 4.81. The van der Waals surface area contributed by atoms with Gasteiger partial charge in [0.2, 0.25) is 0 Å². The minimum atomic E-state index is 0.443. The molecule has 0 aliphatic heterocycles. The maximum absolute atomic E-state index is 4.72. The van der Waals surface area contributed by atoms with Gasteiger partial charge in [-0.3, -0.25) is 4.99 Å². The summed E-state index contributed by atoms with van der Waals surface area (Å²) in [6.45, 7) is 8.81. The average molecular weight is 193 g/mol. The number of rotatable bonds is 2. The summed E-state index contributed by atoms with van der Waals surface area (Å²) in [5.41, 5.74) is 2.89. The van der Waals surface area contributed by atoms with Gasteiger partial charge in [-0.2, -0.15) is 0 Å². The minimum Gasteiger partial charge on any atom is -0.287 e. The lowest BCUT2D eigenvalue weighted by atomic mass is 9.90. The molecule has 0 heterocycles. The van der Waals surface area contributed by atoms with Crippen molar-refractivity contribution in [2.45, 2.75) is 59.4 Å². The Morgan fingerprint density at radius 2 is 1.71 bits per heavy atom. The molecule has 0 bridgehead atoms. The molecule has 80 valence electrons. The molecular weight excluding hydrogens is 170 g/mol. The zero-order chi connectivity index (χ0) is 10.6. The van der Waals surface area contributed by atoms with Gasteiger partial charge in [-0.25, -0.2) is 0 Å². The van der Waals surface area contributed by atoms with Gasteiger partial charge < -0.3 is 0 Å². The second-order valence-corrected chi connectivity index (χ2v) is 4.81. The highest BCUT2D eigenvalue weighted by Crippen LogP contribution is 2.23. The van der Waals surface area contributed by atoms with E-state index < -0.39 is 0 Å². The van der Waals surface area contributed by atoms with Crippen LogP contribution in [0.3, 0.4) is 0 Å². The first-order chi connectivity index (χ1) is 6.59. The Morgan fingerprint density at radius 1 is 1.07 bits per heavy atom. The van der Waals surface area contributed by atoms with Gasteiger partial charge in [0.25, 0.3) is 0 Å². The Hall–Kier alpha value is -0.590. The minimum absolute atomic E-state index is 0.443. The second kappa shape index (κ2) is 5.33. The Bertz CT molecular complexity index is 208. The summed E-state index contributed by atoms with van der Waals surface area (Å²) in [7, 11) is 0. The molecule has 0 spiro atoms. The molecule has 1 rings (SSSR count). The predicted molar refractivity (Wildman–Crippen MR) is 64.0 cm³/mol. The monoisotopic (exact) mass is 193 g/mol. The van der Waals surface area contributed by atoms with E-state index in [1.54, 1.807) is 0 Å². The highest BCUT2D eigenvalue weighted by molar-refractivity contribution is 6.00. The highest BCUT2D eigenvalue weighted by Gasteiger charge is 2.13. The zero-order valence-electron chi connectivity index (χ0n) is 10.0. The molecule has 0 radical (unpaired) electrons. The van der Waals surface area contributed by atoms with Crippen LogP contribution in [0.4, 0.5) is 0 Å². The molecule has 14 heavy (non-hydrogen) atoms. The van der Waals surface area contributed by atoms with Crippen LogP contribution in [0.15, 0.2) is 16.6 Å². The Labute approximate surface area is 88.3 Å². The van der Waals surface area contributed by atoms with E-state index in [1.807, 2.05) is 0 Å². The lowest BCUT2D eigenvalue weighted by Gasteiger charge is -2.19. The molecule has 0 unspecified atom stereocenters. The third kappa shape index (κ3) is 3.65. The number of allylic oxidation sites excluding steroid dienone is 2. The molecule has 0 aromatic rings. The van der Waals surface area contributed by atoms with Crippen molar-refractivity contribution in [3.63, 3.8) is 0 Å². The highest BCUT2D eigenvalue weighted by atomic mass is 14.8. The Morgan fingerprint density at radius 3 is 2.29 bits per heavy atom. The van der Waals surface area contributed by atoms with Crippen molar-refractivity contribution in [3.8, 4) is 0 Å². The summed E-state index contributed by atoms with van der Waals surface area (Å²) in [4.78, 5) is 4.72. The van der Waals surface area contributed by atoms with E-state index >= 15 is 0 Å². The van der Waals surface area contributed by atoms with Gasteiger partial charge in [0.15, 0.2) is 0 Å². The van der Waals surface area contributed by atoms with E-state index in [9.17, 15) is 0 Å². The van der Waals surface area contributed by atoms with Gasteiger partial charge in [-0.1, -0.05) is 19.9 Å². The van der Waals surface area contributed by atoms with Gasteiger partial charge in [0.05, 0.1) is 0 Å². The molecule has 0 N–H and O–H groups in total. The van der Waals surface area contributed by atoms with Crippen molar-refractivity contribution in [1.82, 2.24) is 0 Å². The molecule has 0 saturated heterocycles. The molecular formula is C13H23N. The van der Waals surface area contributed by atoms with Crippen molar-refractivity contribution < 1.29 is 0 Å². The largest absolute Gasteiger partial charge is 0.287 e. The van der Waals surface area contributed by atoms with Crippen LogP contribution in [-0.4, -0.2) is 11.8 Å². The van der Waals surface area contributed by atoms with Gasteiger partial charge >= 0.3 is 0 Å². The first kappa shape index (κ1) is 11.5. The maximum atomic E-state index is 4.72. The van der Waals surface area contributed by atoms with Crippen molar-refractivity contribution in [2.24, 2.45) is 10.9 Å². The number of hydrogen-bond donors (Lipinski definition) is 0. The third-order valence-corrected chi connectivity index (χ3v) is 2.43. The van der Waals surface area contributed by atoms with E-state index in [-0.39, 0.29) is 0 Å². The lowest BCUT2D eigenvalue weighted by molar-refractivity contribution is 0.707. The van der Waals surface area contributed by atoms with Crippen molar-refractivity contribution in [3.05, 3.63) is 11.6 Å². The Kier molecular flexibility index (Phi) is 4.37. The van der Waals surface area contributed by atoms with E-state index in [2.05, 4.69) is 33.8 Å². The van der Waals surface area contributed by atoms with Gasteiger partial charge in [0, 0.05) is 11.8 Å². The Balaban J connectivity index is 2.79. The van der Waals surface area contributed by atoms with E-state index in [1.165, 1.54) is 37.0 Å². The zero-order valence-corrected chi connectivity index (χ0v) is 10.0. The molecule has 0 atom stereocenters. The number of hydrogen-bond acceptors (Lipinski definition) is 1. The molecule has 1 aliphatic rings. The summed E-state index contributed by atoms with van der Waals surface area (Å²) >= 11 is 0. The molecule has 0 amide bonds. The predicted octanol–water partition coefficient (Wildman–Crippen LogP) is 3.99. The smallest absolute Gasteiger partial charge is 0.0446 e. The normalized spacial score (nSPS) is 24.1. The number of aliphatic imine (C=N–C) groups is 1. The van der Waals surface area contributed by atoms with Crippen LogP contribution in [0.25, 0.3) is 0 Å². The van der Waals surface area contributed by atoms with Crippen LogP contribution < -0.4 is 0 Å². The molecule has 1 aliphatic carbocycles. The molecule has 1 nitrogen and oxygen atoms in total. The van der Waals surface area contributed by atoms with Crippen molar-refractivity contribution in [2.75, 3.05) is 0 Å². The summed E-state index contributed by atoms with van der Waals surface area (Å²) in [6.07, 6.45) is 7.48. The molecule has 1 saturated carbocycles. The topological polar surface area (TPSA) is 12.4 Å². The molecule has 0 aromatic carbocycles. The molecule has 0 aromatic heterocycles. The van der Waals surface area contributed by atoms with E-state index in [0.29, 0.717) is 12.0 Å². The van der Waals surface area contributed by atoms with Crippen LogP contribution in [0.2, 0.25) is 0 Å². The average Bonchev–Trinajstić information content (AvgIpc) is 2.06.